The number of aromatic nitrogens is 2. The Morgan fingerprint density at radius 2 is 0.750 bits per heavy atom. The van der Waals surface area contributed by atoms with Crippen LogP contribution in [-0.2, 0) is 19.1 Å². The standard InChI is InChI=1S/C34H38N2O4/c1-13-15(3)19(7)29-23(17(13)5)25(21(9)35-29)27-31(37)34(40-12)28(32(38)33(27)39-11)26-22(10)36-30-20(8)16(4)14(2)18(6)24(26)30/h35-36H,1-12H3. The van der Waals surface area contributed by atoms with Crippen LogP contribution in [0, 0.1) is 69.2 Å². The van der Waals surface area contributed by atoms with Crippen molar-refractivity contribution in [3.05, 3.63) is 78.5 Å². The summed E-state index contributed by atoms with van der Waals surface area (Å²) in [7, 11) is 2.91. The van der Waals surface area contributed by atoms with Gasteiger partial charge in [0.1, 0.15) is 0 Å². The second-order valence-corrected chi connectivity index (χ2v) is 11.2. The Balaban J connectivity index is 1.87. The van der Waals surface area contributed by atoms with Crippen molar-refractivity contribution < 1.29 is 19.1 Å². The molecule has 6 nitrogen and oxygen atoms in total. The number of hydrogen-bond acceptors (Lipinski definition) is 4. The van der Waals surface area contributed by atoms with Crippen LogP contribution in [0.3, 0.4) is 0 Å². The van der Waals surface area contributed by atoms with Gasteiger partial charge in [-0.05, 0) is 114 Å². The molecule has 0 atom stereocenters. The molecule has 208 valence electrons. The van der Waals surface area contributed by atoms with E-state index in [0.717, 1.165) is 66.6 Å². The molecule has 4 aromatic rings. The van der Waals surface area contributed by atoms with Crippen molar-refractivity contribution >= 4 is 44.5 Å². The minimum atomic E-state index is -0.361. The number of ether oxygens (including phenoxy) is 2. The van der Waals surface area contributed by atoms with Gasteiger partial charge in [-0.2, -0.15) is 0 Å². The van der Waals surface area contributed by atoms with E-state index in [1.165, 1.54) is 25.3 Å². The molecular weight excluding hydrogens is 500 g/mol. The Morgan fingerprint density at radius 1 is 0.450 bits per heavy atom. The van der Waals surface area contributed by atoms with E-state index >= 15 is 0 Å². The largest absolute Gasteiger partial charge is 0.492 e. The second kappa shape index (κ2) is 9.26. The fourth-order valence-electron chi connectivity index (χ4n) is 6.57. The summed E-state index contributed by atoms with van der Waals surface area (Å²) in [5.74, 6) is -0.653. The van der Waals surface area contributed by atoms with E-state index in [-0.39, 0.29) is 34.2 Å². The summed E-state index contributed by atoms with van der Waals surface area (Å²) in [5, 5.41) is 1.87. The Hall–Kier alpha value is -4.06. The number of aryl methyl sites for hydroxylation is 6. The van der Waals surface area contributed by atoms with Crippen LogP contribution in [0.15, 0.2) is 11.5 Å². The topological polar surface area (TPSA) is 84.2 Å². The van der Waals surface area contributed by atoms with Crippen molar-refractivity contribution in [3.63, 3.8) is 0 Å². The summed E-state index contributed by atoms with van der Waals surface area (Å²) >= 11 is 0. The van der Waals surface area contributed by atoms with Gasteiger partial charge in [0.05, 0.1) is 25.4 Å². The highest BCUT2D eigenvalue weighted by molar-refractivity contribution is 6.48. The van der Waals surface area contributed by atoms with E-state index in [1.54, 1.807) is 0 Å². The number of rotatable bonds is 4. The first-order valence-corrected chi connectivity index (χ1v) is 13.6. The lowest BCUT2D eigenvalue weighted by molar-refractivity contribution is -0.117. The summed E-state index contributed by atoms with van der Waals surface area (Å²) in [6.45, 7) is 20.6. The zero-order valence-electron chi connectivity index (χ0n) is 25.6. The number of aromatic amines is 2. The number of methoxy groups -OCH3 is 2. The van der Waals surface area contributed by atoms with E-state index in [4.69, 9.17) is 9.47 Å². The number of Topliss-reactive ketones (excluding diaryl/α,β-unsaturated/α-hetero) is 2. The molecule has 2 aromatic carbocycles. The van der Waals surface area contributed by atoms with Crippen molar-refractivity contribution in [3.8, 4) is 0 Å². The molecule has 5 rings (SSSR count). The average Bonchev–Trinajstić information content (AvgIpc) is 3.45. The molecule has 0 amide bonds. The molecule has 0 bridgehead atoms. The quantitative estimate of drug-likeness (QED) is 0.267. The first kappa shape index (κ1) is 27.5. The average molecular weight is 539 g/mol. The Labute approximate surface area is 235 Å². The van der Waals surface area contributed by atoms with Gasteiger partial charge in [0.15, 0.2) is 11.5 Å². The molecule has 0 aliphatic heterocycles. The number of carbonyl (C=O) groups excluding carboxylic acids is 2. The maximum atomic E-state index is 14.4. The van der Waals surface area contributed by atoms with Gasteiger partial charge < -0.3 is 19.4 Å². The van der Waals surface area contributed by atoms with Gasteiger partial charge in [-0.15, -0.1) is 0 Å². The Kier molecular flexibility index (Phi) is 6.36. The highest BCUT2D eigenvalue weighted by atomic mass is 16.5. The van der Waals surface area contributed by atoms with Gasteiger partial charge >= 0.3 is 0 Å². The third-order valence-corrected chi connectivity index (χ3v) is 9.48. The van der Waals surface area contributed by atoms with Gasteiger partial charge in [-0.25, -0.2) is 0 Å². The van der Waals surface area contributed by atoms with Crippen LogP contribution < -0.4 is 0 Å². The molecule has 0 saturated heterocycles. The highest BCUT2D eigenvalue weighted by Crippen LogP contribution is 2.45. The first-order chi connectivity index (χ1) is 18.8. The predicted molar refractivity (Wildman–Crippen MR) is 162 cm³/mol. The summed E-state index contributed by atoms with van der Waals surface area (Å²) in [6.07, 6.45) is 0. The summed E-state index contributed by atoms with van der Waals surface area (Å²) in [4.78, 5) is 35.9. The molecule has 40 heavy (non-hydrogen) atoms. The zero-order valence-corrected chi connectivity index (χ0v) is 25.6. The molecule has 2 N–H and O–H groups in total. The molecule has 0 saturated carbocycles. The Bertz CT molecular complexity index is 1750. The molecule has 1 aliphatic rings. The minimum Gasteiger partial charge on any atom is -0.492 e. The fraction of sp³-hybridized carbons (Fsp3) is 0.353. The van der Waals surface area contributed by atoms with Crippen LogP contribution in [0.25, 0.3) is 33.0 Å². The van der Waals surface area contributed by atoms with Crippen LogP contribution in [0.2, 0.25) is 0 Å². The van der Waals surface area contributed by atoms with Crippen molar-refractivity contribution in [1.29, 1.82) is 0 Å². The van der Waals surface area contributed by atoms with E-state index in [1.807, 2.05) is 13.8 Å². The van der Waals surface area contributed by atoms with Gasteiger partial charge in [0.25, 0.3) is 0 Å². The van der Waals surface area contributed by atoms with Gasteiger partial charge in [0, 0.05) is 44.3 Å². The summed E-state index contributed by atoms with van der Waals surface area (Å²) < 4.78 is 11.6. The van der Waals surface area contributed by atoms with E-state index < -0.39 is 0 Å². The summed E-state index contributed by atoms with van der Waals surface area (Å²) in [6, 6.07) is 0. The molecule has 1 aliphatic carbocycles. The molecule has 0 radical (unpaired) electrons. The van der Waals surface area contributed by atoms with Gasteiger partial charge in [-0.1, -0.05) is 0 Å². The smallest absolute Gasteiger partial charge is 0.232 e. The van der Waals surface area contributed by atoms with Crippen LogP contribution >= 0.6 is 0 Å². The maximum Gasteiger partial charge on any atom is 0.232 e. The van der Waals surface area contributed by atoms with E-state index in [9.17, 15) is 9.59 Å². The molecule has 0 fully saturated rings. The SMILES string of the molecule is COC1=C(c2c(C)[nH]c3c(C)c(C)c(C)c(C)c23)C(=O)C(OC)=C(c2c(C)[nH]c3c(C)c(C)c(C)c(C)c23)C1=O. The fourth-order valence-corrected chi connectivity index (χ4v) is 6.57. The number of H-pyrrole nitrogens is 2. The van der Waals surface area contributed by atoms with E-state index in [2.05, 4.69) is 65.4 Å². The molecule has 6 heteroatoms. The van der Waals surface area contributed by atoms with E-state index in [0.29, 0.717) is 11.1 Å². The third-order valence-electron chi connectivity index (χ3n) is 9.48. The predicted octanol–water partition coefficient (Wildman–Crippen LogP) is 7.30. The van der Waals surface area contributed by atoms with Crippen LogP contribution in [-0.4, -0.2) is 35.8 Å². The molecule has 0 spiro atoms. The number of allylic oxidation sites excluding steroid dienone is 2. The highest BCUT2D eigenvalue weighted by Gasteiger charge is 2.41. The normalized spacial score (nSPS) is 14.4. The molecule has 0 unspecified atom stereocenters. The third kappa shape index (κ3) is 3.41. The van der Waals surface area contributed by atoms with Gasteiger partial charge in [0.2, 0.25) is 11.6 Å². The molecular formula is C34H38N2O4. The van der Waals surface area contributed by atoms with Crippen molar-refractivity contribution in [2.75, 3.05) is 14.2 Å². The lowest BCUT2D eigenvalue weighted by Gasteiger charge is -2.24. The maximum absolute atomic E-state index is 14.4. The second-order valence-electron chi connectivity index (χ2n) is 11.2. The van der Waals surface area contributed by atoms with Crippen LogP contribution in [0.5, 0.6) is 0 Å². The van der Waals surface area contributed by atoms with Crippen molar-refractivity contribution in [2.45, 2.75) is 69.2 Å². The lowest BCUT2D eigenvalue weighted by atomic mass is 9.82. The van der Waals surface area contributed by atoms with Gasteiger partial charge in [-0.3, -0.25) is 9.59 Å². The number of hydrogen-bond donors (Lipinski definition) is 2. The molecule has 2 aromatic heterocycles. The number of nitrogens with one attached hydrogen (secondary N) is 2. The molecule has 2 heterocycles. The van der Waals surface area contributed by atoms with Crippen molar-refractivity contribution in [2.24, 2.45) is 0 Å². The number of ketones is 2. The Morgan fingerprint density at radius 3 is 1.05 bits per heavy atom. The first-order valence-electron chi connectivity index (χ1n) is 13.6. The van der Waals surface area contributed by atoms with Crippen LogP contribution in [0.1, 0.15) is 67.0 Å². The minimum absolute atomic E-state index is 0.0343. The monoisotopic (exact) mass is 538 g/mol. The summed E-state index contributed by atoms with van der Waals surface area (Å²) in [5.41, 5.74) is 14.5. The number of benzene rings is 2. The number of fused-ring (bicyclic) bond motifs is 2. The number of carbonyl (C=O) groups is 2. The van der Waals surface area contributed by atoms with Crippen molar-refractivity contribution in [1.82, 2.24) is 9.97 Å². The zero-order chi connectivity index (χ0) is 29.5. The lowest BCUT2D eigenvalue weighted by Crippen LogP contribution is -2.25. The van der Waals surface area contributed by atoms with Crippen LogP contribution in [0.4, 0.5) is 0 Å².